The van der Waals surface area contributed by atoms with Gasteiger partial charge in [0.15, 0.2) is 0 Å². The minimum atomic E-state index is -0.231. The van der Waals surface area contributed by atoms with Crippen molar-refractivity contribution in [3.05, 3.63) is 0 Å². The summed E-state index contributed by atoms with van der Waals surface area (Å²) in [6, 6.07) is 0. The van der Waals surface area contributed by atoms with Gasteiger partial charge >= 0.3 is 0 Å². The summed E-state index contributed by atoms with van der Waals surface area (Å²) in [6.45, 7) is 0.558. The van der Waals surface area contributed by atoms with Crippen molar-refractivity contribution in [1.82, 2.24) is 10.6 Å². The van der Waals surface area contributed by atoms with Crippen LogP contribution in [0.3, 0.4) is 0 Å². The van der Waals surface area contributed by atoms with Crippen molar-refractivity contribution >= 4 is 11.8 Å². The van der Waals surface area contributed by atoms with Crippen LogP contribution in [0.4, 0.5) is 0 Å². The molecule has 0 saturated heterocycles. The van der Waals surface area contributed by atoms with Gasteiger partial charge in [0.05, 0.1) is 12.1 Å². The summed E-state index contributed by atoms with van der Waals surface area (Å²) in [5.74, 6) is 0.400. The lowest BCUT2D eigenvalue weighted by Crippen LogP contribution is -2.54. The summed E-state index contributed by atoms with van der Waals surface area (Å²) in [4.78, 5) is 23.9. The minimum absolute atomic E-state index is 0.00488. The van der Waals surface area contributed by atoms with Gasteiger partial charge in [-0.25, -0.2) is 0 Å². The molecule has 21 heavy (non-hydrogen) atoms. The van der Waals surface area contributed by atoms with Gasteiger partial charge in [0.1, 0.15) is 0 Å². The van der Waals surface area contributed by atoms with Crippen LogP contribution in [0, 0.1) is 5.92 Å². The Morgan fingerprint density at radius 1 is 1.00 bits per heavy atom. The van der Waals surface area contributed by atoms with Gasteiger partial charge in [-0.15, -0.1) is 0 Å². The first-order valence-corrected chi connectivity index (χ1v) is 8.41. The molecule has 0 aromatic rings. The normalized spacial score (nSPS) is 22.0. The quantitative estimate of drug-likeness (QED) is 0.693. The van der Waals surface area contributed by atoms with Crippen LogP contribution in [-0.4, -0.2) is 30.4 Å². The Bertz CT molecular complexity index is 359. The summed E-state index contributed by atoms with van der Waals surface area (Å²) in [6.07, 6.45) is 10.8. The number of nitrogens with two attached hydrogens (primary N) is 1. The summed E-state index contributed by atoms with van der Waals surface area (Å²) >= 11 is 0. The molecule has 0 aliphatic heterocycles. The second-order valence-corrected chi connectivity index (χ2v) is 6.72. The van der Waals surface area contributed by atoms with Crippen molar-refractivity contribution in [1.29, 1.82) is 0 Å². The van der Waals surface area contributed by atoms with E-state index in [1.54, 1.807) is 0 Å². The third-order valence-corrected chi connectivity index (χ3v) is 5.00. The van der Waals surface area contributed by atoms with Crippen LogP contribution < -0.4 is 16.4 Å². The van der Waals surface area contributed by atoms with Gasteiger partial charge in [0, 0.05) is 13.0 Å². The van der Waals surface area contributed by atoms with Crippen molar-refractivity contribution in [3.8, 4) is 0 Å². The van der Waals surface area contributed by atoms with Crippen molar-refractivity contribution in [2.75, 3.05) is 13.1 Å². The van der Waals surface area contributed by atoms with E-state index < -0.39 is 0 Å². The molecule has 0 radical (unpaired) electrons. The highest BCUT2D eigenvalue weighted by Crippen LogP contribution is 2.28. The molecular formula is C16H29N3O2. The molecule has 5 nitrogen and oxygen atoms in total. The molecule has 2 amide bonds. The Hall–Kier alpha value is -1.10. The highest BCUT2D eigenvalue weighted by molar-refractivity contribution is 5.85. The molecule has 0 heterocycles. The van der Waals surface area contributed by atoms with Crippen LogP contribution in [0.2, 0.25) is 0 Å². The predicted octanol–water partition coefficient (Wildman–Crippen LogP) is 1.46. The molecule has 0 aromatic heterocycles. The molecule has 0 atom stereocenters. The maximum Gasteiger partial charge on any atom is 0.239 e. The average Bonchev–Trinajstić information content (AvgIpc) is 2.95. The van der Waals surface area contributed by atoms with E-state index >= 15 is 0 Å². The van der Waals surface area contributed by atoms with Crippen LogP contribution in [0.5, 0.6) is 0 Å². The number of hydrogen-bond donors (Lipinski definition) is 3. The zero-order valence-electron chi connectivity index (χ0n) is 13.0. The number of rotatable bonds is 6. The first-order chi connectivity index (χ1) is 10.1. The molecule has 5 heteroatoms. The number of carbonyl (C=O) groups is 2. The molecule has 2 fully saturated rings. The van der Waals surface area contributed by atoms with E-state index in [1.165, 1.54) is 19.3 Å². The first-order valence-electron chi connectivity index (χ1n) is 8.41. The second-order valence-electron chi connectivity index (χ2n) is 6.72. The molecule has 0 aromatic carbocycles. The Labute approximate surface area is 127 Å². The van der Waals surface area contributed by atoms with Gasteiger partial charge in [0.2, 0.25) is 11.8 Å². The van der Waals surface area contributed by atoms with E-state index in [4.69, 9.17) is 5.73 Å². The molecular weight excluding hydrogens is 266 g/mol. The SMILES string of the molecule is NCC1(NC(=O)CNC(=O)CC2CCCCC2)CCCC1. The molecule has 0 bridgehead atoms. The molecule has 0 spiro atoms. The minimum Gasteiger partial charge on any atom is -0.348 e. The number of hydrogen-bond acceptors (Lipinski definition) is 3. The predicted molar refractivity (Wildman–Crippen MR) is 82.6 cm³/mol. The second kappa shape index (κ2) is 7.78. The largest absolute Gasteiger partial charge is 0.348 e. The van der Waals surface area contributed by atoms with Crippen molar-refractivity contribution in [2.24, 2.45) is 11.7 Å². The van der Waals surface area contributed by atoms with Gasteiger partial charge in [-0.3, -0.25) is 9.59 Å². The summed E-state index contributed by atoms with van der Waals surface area (Å²) in [5.41, 5.74) is 5.56. The van der Waals surface area contributed by atoms with E-state index in [9.17, 15) is 9.59 Å². The van der Waals surface area contributed by atoms with Gasteiger partial charge in [-0.2, -0.15) is 0 Å². The van der Waals surface area contributed by atoms with E-state index in [1.807, 2.05) is 0 Å². The Kier molecular flexibility index (Phi) is 6.03. The highest BCUT2D eigenvalue weighted by Gasteiger charge is 2.33. The van der Waals surface area contributed by atoms with E-state index in [0.29, 0.717) is 18.9 Å². The lowest BCUT2D eigenvalue weighted by molar-refractivity contribution is -0.127. The Morgan fingerprint density at radius 2 is 1.67 bits per heavy atom. The van der Waals surface area contributed by atoms with Gasteiger partial charge in [-0.05, 0) is 31.6 Å². The average molecular weight is 295 g/mol. The summed E-state index contributed by atoms with van der Waals surface area (Å²) < 4.78 is 0. The number of carbonyl (C=O) groups excluding carboxylic acids is 2. The fourth-order valence-corrected chi connectivity index (χ4v) is 3.68. The molecule has 4 N–H and O–H groups in total. The van der Waals surface area contributed by atoms with Crippen molar-refractivity contribution < 1.29 is 9.59 Å². The summed E-state index contributed by atoms with van der Waals surface area (Å²) in [7, 11) is 0. The van der Waals surface area contributed by atoms with Crippen molar-refractivity contribution in [3.63, 3.8) is 0 Å². The molecule has 2 rings (SSSR count). The van der Waals surface area contributed by atoms with E-state index in [2.05, 4.69) is 10.6 Å². The maximum absolute atomic E-state index is 12.0. The fourth-order valence-electron chi connectivity index (χ4n) is 3.68. The van der Waals surface area contributed by atoms with Crippen LogP contribution >= 0.6 is 0 Å². The van der Waals surface area contributed by atoms with Gasteiger partial charge in [0.25, 0.3) is 0 Å². The van der Waals surface area contributed by atoms with Crippen LogP contribution in [-0.2, 0) is 9.59 Å². The van der Waals surface area contributed by atoms with Gasteiger partial charge in [-0.1, -0.05) is 32.1 Å². The Balaban J connectivity index is 1.67. The topological polar surface area (TPSA) is 84.2 Å². The lowest BCUT2D eigenvalue weighted by Gasteiger charge is -2.28. The van der Waals surface area contributed by atoms with E-state index in [-0.39, 0.29) is 23.9 Å². The standard InChI is InChI=1S/C16H29N3O2/c17-12-16(8-4-5-9-16)19-15(21)11-18-14(20)10-13-6-2-1-3-7-13/h13H,1-12,17H2,(H,18,20)(H,19,21). The number of nitrogens with one attached hydrogen (secondary N) is 2. The fraction of sp³-hybridized carbons (Fsp3) is 0.875. The summed E-state index contributed by atoms with van der Waals surface area (Å²) in [5, 5.41) is 5.78. The van der Waals surface area contributed by atoms with Crippen LogP contribution in [0.25, 0.3) is 0 Å². The zero-order valence-corrected chi connectivity index (χ0v) is 13.0. The third-order valence-electron chi connectivity index (χ3n) is 5.00. The molecule has 120 valence electrons. The number of amides is 2. The highest BCUT2D eigenvalue weighted by atomic mass is 16.2. The zero-order chi connectivity index (χ0) is 15.1. The third kappa shape index (κ3) is 4.99. The smallest absolute Gasteiger partial charge is 0.239 e. The van der Waals surface area contributed by atoms with E-state index in [0.717, 1.165) is 38.5 Å². The van der Waals surface area contributed by atoms with Gasteiger partial charge < -0.3 is 16.4 Å². The molecule has 2 aliphatic carbocycles. The maximum atomic E-state index is 12.0. The monoisotopic (exact) mass is 295 g/mol. The Morgan fingerprint density at radius 3 is 2.29 bits per heavy atom. The molecule has 0 unspecified atom stereocenters. The molecule has 2 aliphatic rings. The van der Waals surface area contributed by atoms with Crippen LogP contribution in [0.1, 0.15) is 64.2 Å². The van der Waals surface area contributed by atoms with Crippen molar-refractivity contribution in [2.45, 2.75) is 69.7 Å². The first kappa shape index (κ1) is 16.3. The lowest BCUT2D eigenvalue weighted by atomic mass is 9.87. The van der Waals surface area contributed by atoms with Crippen LogP contribution in [0.15, 0.2) is 0 Å². The molecule has 2 saturated carbocycles.